The Bertz CT molecular complexity index is 767. The Balaban J connectivity index is 0.000000420. The van der Waals surface area contributed by atoms with Gasteiger partial charge in [0.25, 0.3) is 11.9 Å². The lowest BCUT2D eigenvalue weighted by Crippen LogP contribution is -2.58. The van der Waals surface area contributed by atoms with E-state index in [0.717, 1.165) is 84.0 Å². The number of aliphatic hydroxyl groups excluding tert-OH is 1. The summed E-state index contributed by atoms with van der Waals surface area (Å²) in [6.45, 7) is 8.73. The lowest BCUT2D eigenvalue weighted by Gasteiger charge is -2.48. The van der Waals surface area contributed by atoms with E-state index >= 15 is 0 Å². The second-order valence-electron chi connectivity index (χ2n) is 8.45. The molecule has 4 rings (SSSR count). The number of morpholine rings is 1. The number of aliphatic carboxylic acids is 2. The number of aliphatic hydroxyl groups is 1. The van der Waals surface area contributed by atoms with Crippen LogP contribution in [0.5, 0.6) is 0 Å². The van der Waals surface area contributed by atoms with Crippen molar-refractivity contribution in [2.45, 2.75) is 39.2 Å². The van der Waals surface area contributed by atoms with Crippen molar-refractivity contribution < 1.29 is 29.6 Å². The molecule has 2 atom stereocenters. The van der Waals surface area contributed by atoms with E-state index in [2.05, 4.69) is 25.1 Å². The molecule has 3 aliphatic heterocycles. The summed E-state index contributed by atoms with van der Waals surface area (Å²) < 4.78 is 5.42. The summed E-state index contributed by atoms with van der Waals surface area (Å²) in [5.74, 6) is 0.375. The highest BCUT2D eigenvalue weighted by Crippen LogP contribution is 2.38. The van der Waals surface area contributed by atoms with Gasteiger partial charge >= 0.3 is 0 Å². The Hall–Kier alpha value is -2.70. The number of nitrogen functional groups attached to an aromatic ring is 1. The molecule has 1 aromatic heterocycles. The molecule has 0 saturated carbocycles. The number of rotatable bonds is 2. The number of aromatic nitrogens is 2. The number of nitrogens with zero attached hydrogens (tertiary/aromatic N) is 4. The van der Waals surface area contributed by atoms with Gasteiger partial charge in [-0.3, -0.25) is 9.59 Å². The molecule has 0 unspecified atom stereocenters. The molecule has 3 fully saturated rings. The first-order valence-electron chi connectivity index (χ1n) is 11.1. The first kappa shape index (κ1) is 26.6. The van der Waals surface area contributed by atoms with Crippen LogP contribution < -0.4 is 20.9 Å². The highest BCUT2D eigenvalue weighted by molar-refractivity contribution is 5.63. The number of anilines is 3. The standard InChI is InChI=1S/C17H28N6O2.2C2H4O2/c18-16-20-14(22-6-8-25-9-7-22)10-15(21-16)23-5-1-3-17(12-23)11-19-4-2-13(17)24;2*1-2(3)4/h10,13,19,24H,1-9,11-12H2,(H2,18,20,21);2*1H3,(H,3,4)/t13-,17-;;/m0../s1. The van der Waals surface area contributed by atoms with Gasteiger partial charge in [-0.1, -0.05) is 0 Å². The van der Waals surface area contributed by atoms with Gasteiger partial charge in [0.1, 0.15) is 11.6 Å². The summed E-state index contributed by atoms with van der Waals surface area (Å²) in [5, 5.41) is 28.9. The van der Waals surface area contributed by atoms with Gasteiger partial charge in [0.2, 0.25) is 5.95 Å². The molecule has 0 aliphatic carbocycles. The Morgan fingerprint density at radius 2 is 1.70 bits per heavy atom. The minimum absolute atomic E-state index is 0.0880. The molecule has 0 amide bonds. The number of carboxylic acids is 2. The van der Waals surface area contributed by atoms with E-state index in [1.807, 2.05) is 6.07 Å². The molecule has 3 saturated heterocycles. The summed E-state index contributed by atoms with van der Waals surface area (Å²) in [7, 11) is 0. The molecular weight excluding hydrogens is 432 g/mol. The molecule has 186 valence electrons. The van der Waals surface area contributed by atoms with Gasteiger partial charge in [-0.2, -0.15) is 9.97 Å². The van der Waals surface area contributed by atoms with E-state index in [9.17, 15) is 5.11 Å². The molecule has 6 N–H and O–H groups in total. The normalized spacial score (nSPS) is 24.8. The lowest BCUT2D eigenvalue weighted by atomic mass is 9.72. The van der Waals surface area contributed by atoms with Crippen LogP contribution in [0.3, 0.4) is 0 Å². The van der Waals surface area contributed by atoms with E-state index < -0.39 is 11.9 Å². The van der Waals surface area contributed by atoms with Gasteiger partial charge in [0.15, 0.2) is 0 Å². The molecule has 33 heavy (non-hydrogen) atoms. The Kier molecular flexibility index (Phi) is 10.1. The van der Waals surface area contributed by atoms with Gasteiger partial charge in [-0.05, 0) is 25.8 Å². The van der Waals surface area contributed by atoms with Gasteiger partial charge in [-0.25, -0.2) is 0 Å². The van der Waals surface area contributed by atoms with Crippen LogP contribution in [0, 0.1) is 5.41 Å². The van der Waals surface area contributed by atoms with Crippen LogP contribution in [-0.4, -0.2) is 95.8 Å². The Labute approximate surface area is 193 Å². The fraction of sp³-hybridized carbons (Fsp3) is 0.714. The van der Waals surface area contributed by atoms with E-state index in [1.54, 1.807) is 0 Å². The molecule has 1 aromatic rings. The molecule has 1 spiro atoms. The largest absolute Gasteiger partial charge is 0.481 e. The van der Waals surface area contributed by atoms with Crippen LogP contribution in [0.4, 0.5) is 17.6 Å². The number of hydrogen-bond acceptors (Lipinski definition) is 10. The average Bonchev–Trinajstić information content (AvgIpc) is 2.76. The minimum atomic E-state index is -0.833. The maximum atomic E-state index is 10.6. The zero-order valence-corrected chi connectivity index (χ0v) is 19.4. The number of hydrogen-bond donors (Lipinski definition) is 5. The van der Waals surface area contributed by atoms with E-state index in [-0.39, 0.29) is 11.5 Å². The van der Waals surface area contributed by atoms with Gasteiger partial charge in [0.05, 0.1) is 19.3 Å². The SMILES string of the molecule is CC(=O)O.CC(=O)O.Nc1nc(N2CCOCC2)cc(N2CCC[C@]3(CNCC[C@@H]3O)C2)n1. The topological polar surface area (TPSA) is 174 Å². The average molecular weight is 469 g/mol. The van der Waals surface area contributed by atoms with Crippen molar-refractivity contribution in [3.8, 4) is 0 Å². The molecule has 3 aliphatic rings. The maximum Gasteiger partial charge on any atom is 0.300 e. The van der Waals surface area contributed by atoms with Gasteiger partial charge in [-0.15, -0.1) is 0 Å². The summed E-state index contributed by atoms with van der Waals surface area (Å²) in [4.78, 5) is 31.4. The van der Waals surface area contributed by atoms with Crippen molar-refractivity contribution in [1.29, 1.82) is 0 Å². The number of nitrogens with one attached hydrogen (secondary N) is 1. The van der Waals surface area contributed by atoms with Crippen LogP contribution in [0.2, 0.25) is 0 Å². The summed E-state index contributed by atoms with van der Waals surface area (Å²) in [6, 6.07) is 2.03. The number of ether oxygens (including phenoxy) is 1. The van der Waals surface area contributed by atoms with Crippen LogP contribution in [0.25, 0.3) is 0 Å². The van der Waals surface area contributed by atoms with Crippen LogP contribution in [-0.2, 0) is 14.3 Å². The van der Waals surface area contributed by atoms with E-state index in [0.29, 0.717) is 19.2 Å². The van der Waals surface area contributed by atoms with Crippen molar-refractivity contribution in [2.24, 2.45) is 5.41 Å². The van der Waals surface area contributed by atoms with Gasteiger partial charge in [0, 0.05) is 58.1 Å². The van der Waals surface area contributed by atoms with Crippen molar-refractivity contribution >= 4 is 29.5 Å². The predicted octanol–water partition coefficient (Wildman–Crippen LogP) is 0.0180. The van der Waals surface area contributed by atoms with Crippen molar-refractivity contribution in [2.75, 3.05) is 68.0 Å². The zero-order chi connectivity index (χ0) is 24.4. The van der Waals surface area contributed by atoms with Crippen LogP contribution in [0.1, 0.15) is 33.1 Å². The third kappa shape index (κ3) is 8.30. The molecule has 0 radical (unpaired) electrons. The molecule has 0 aromatic carbocycles. The van der Waals surface area contributed by atoms with Crippen LogP contribution in [0.15, 0.2) is 6.07 Å². The highest BCUT2D eigenvalue weighted by atomic mass is 16.5. The van der Waals surface area contributed by atoms with E-state index in [4.69, 9.17) is 30.3 Å². The lowest BCUT2D eigenvalue weighted by molar-refractivity contribution is -0.135. The monoisotopic (exact) mass is 468 g/mol. The van der Waals surface area contributed by atoms with Crippen LogP contribution >= 0.6 is 0 Å². The Morgan fingerprint density at radius 1 is 1.12 bits per heavy atom. The first-order chi connectivity index (χ1) is 15.6. The number of piperidine rings is 2. The van der Waals surface area contributed by atoms with E-state index in [1.165, 1.54) is 0 Å². The molecule has 12 nitrogen and oxygen atoms in total. The second-order valence-corrected chi connectivity index (χ2v) is 8.45. The minimum Gasteiger partial charge on any atom is -0.481 e. The molecule has 0 bridgehead atoms. The highest BCUT2D eigenvalue weighted by Gasteiger charge is 2.43. The zero-order valence-electron chi connectivity index (χ0n) is 19.4. The summed E-state index contributed by atoms with van der Waals surface area (Å²) in [6.07, 6.45) is 2.66. The third-order valence-electron chi connectivity index (χ3n) is 5.76. The van der Waals surface area contributed by atoms with Crippen molar-refractivity contribution in [3.63, 3.8) is 0 Å². The van der Waals surface area contributed by atoms with Gasteiger partial charge < -0.3 is 40.9 Å². The fourth-order valence-corrected chi connectivity index (χ4v) is 4.33. The third-order valence-corrected chi connectivity index (χ3v) is 5.76. The quantitative estimate of drug-likeness (QED) is 0.394. The number of carboxylic acid groups (broad SMARTS) is 2. The summed E-state index contributed by atoms with van der Waals surface area (Å²) in [5.41, 5.74) is 5.91. The van der Waals surface area contributed by atoms with Crippen molar-refractivity contribution in [3.05, 3.63) is 6.07 Å². The number of nitrogens with two attached hydrogens (primary N) is 1. The second kappa shape index (κ2) is 12.5. The fourth-order valence-electron chi connectivity index (χ4n) is 4.33. The molecular formula is C21H36N6O6. The molecule has 4 heterocycles. The summed E-state index contributed by atoms with van der Waals surface area (Å²) >= 11 is 0. The molecule has 12 heteroatoms. The maximum absolute atomic E-state index is 10.6. The predicted molar refractivity (Wildman–Crippen MR) is 123 cm³/mol. The number of carbonyl (C=O) groups is 2. The first-order valence-corrected chi connectivity index (χ1v) is 11.1. The van der Waals surface area contributed by atoms with Crippen molar-refractivity contribution in [1.82, 2.24) is 15.3 Å². The smallest absolute Gasteiger partial charge is 0.300 e. The Morgan fingerprint density at radius 3 is 2.27 bits per heavy atom.